The first-order valence-corrected chi connectivity index (χ1v) is 11.0. The van der Waals surface area contributed by atoms with Crippen LogP contribution in [0.1, 0.15) is 39.1 Å². The van der Waals surface area contributed by atoms with Gasteiger partial charge in [0.05, 0.1) is 23.3 Å². The number of aromatic nitrogens is 3. The number of nitrogens with one attached hydrogen (secondary N) is 1. The minimum absolute atomic E-state index is 0.0435. The van der Waals surface area contributed by atoms with Gasteiger partial charge in [-0.2, -0.15) is 5.26 Å². The number of amides is 2. The zero-order valence-corrected chi connectivity index (χ0v) is 19.2. The lowest BCUT2D eigenvalue weighted by molar-refractivity contribution is 0.0724. The van der Waals surface area contributed by atoms with E-state index in [1.165, 1.54) is 6.07 Å². The molecule has 0 saturated carbocycles. The Hall–Kier alpha value is -3.81. The van der Waals surface area contributed by atoms with Crippen LogP contribution in [0.25, 0.3) is 11.2 Å². The fourth-order valence-electron chi connectivity index (χ4n) is 3.99. The van der Waals surface area contributed by atoms with Gasteiger partial charge >= 0.3 is 0 Å². The zero-order valence-electron chi connectivity index (χ0n) is 19.2. The second-order valence-corrected chi connectivity index (χ2v) is 8.04. The third-order valence-corrected chi connectivity index (χ3v) is 5.81. The Labute approximate surface area is 197 Å². The van der Waals surface area contributed by atoms with E-state index >= 15 is 0 Å². The van der Waals surface area contributed by atoms with Gasteiger partial charge in [-0.25, -0.2) is 9.97 Å². The minimum atomic E-state index is -0.389. The number of rotatable bonds is 8. The lowest BCUT2D eigenvalue weighted by Crippen LogP contribution is -2.30. The molecular formula is C24H26N6O4. The molecule has 176 valence electrons. The first-order valence-electron chi connectivity index (χ1n) is 11.0. The number of methoxy groups -OCH3 is 2. The second-order valence-electron chi connectivity index (χ2n) is 8.04. The number of anilines is 1. The van der Waals surface area contributed by atoms with Crippen LogP contribution in [0.5, 0.6) is 0 Å². The SMILES string of the molecule is COCCCn1c(NC(=O)c2cccc(C#N)c2)nc2cc(C(=O)N3CC[C@H](OC)C3)cnc21. The Morgan fingerprint density at radius 3 is 2.85 bits per heavy atom. The number of nitrogens with zero attached hydrogens (tertiary/aromatic N) is 5. The fraction of sp³-hybridized carbons (Fsp3) is 0.375. The Bertz CT molecular complexity index is 1250. The van der Waals surface area contributed by atoms with Crippen LogP contribution in [-0.4, -0.2) is 71.3 Å². The molecule has 1 saturated heterocycles. The van der Waals surface area contributed by atoms with Gasteiger partial charge in [0.25, 0.3) is 11.8 Å². The van der Waals surface area contributed by atoms with Crippen LogP contribution in [0, 0.1) is 11.3 Å². The molecule has 4 rings (SSSR count). The van der Waals surface area contributed by atoms with E-state index in [9.17, 15) is 9.59 Å². The quantitative estimate of drug-likeness (QED) is 0.510. The molecule has 1 N–H and O–H groups in total. The molecule has 2 aromatic heterocycles. The standard InChI is InChI=1S/C24H26N6O4/c1-33-10-4-8-30-21-20(12-18(14-26-21)23(32)29-9-7-19(15-29)34-2)27-24(30)28-22(31)17-6-3-5-16(11-17)13-25/h3,5-6,11-12,14,19H,4,7-10,15H2,1-2H3,(H,27,28,31)/t19-/m0/s1. The van der Waals surface area contributed by atoms with Crippen LogP contribution in [0.15, 0.2) is 36.5 Å². The van der Waals surface area contributed by atoms with E-state index in [1.54, 1.807) is 54.1 Å². The van der Waals surface area contributed by atoms with Crippen LogP contribution >= 0.6 is 0 Å². The summed E-state index contributed by atoms with van der Waals surface area (Å²) in [6.45, 7) is 2.22. The lowest BCUT2D eigenvalue weighted by atomic mass is 10.1. The molecule has 1 atom stereocenters. The molecule has 2 amide bonds. The summed E-state index contributed by atoms with van der Waals surface area (Å²) in [6.07, 6.45) is 3.07. The van der Waals surface area contributed by atoms with Crippen LogP contribution in [0.3, 0.4) is 0 Å². The minimum Gasteiger partial charge on any atom is -0.385 e. The summed E-state index contributed by atoms with van der Waals surface area (Å²) in [4.78, 5) is 36.6. The number of likely N-dealkylation sites (tertiary alicyclic amines) is 1. The van der Waals surface area contributed by atoms with Gasteiger partial charge in [0.15, 0.2) is 5.65 Å². The van der Waals surface area contributed by atoms with E-state index in [-0.39, 0.29) is 17.9 Å². The third-order valence-electron chi connectivity index (χ3n) is 5.81. The molecule has 34 heavy (non-hydrogen) atoms. The first-order chi connectivity index (χ1) is 16.5. The van der Waals surface area contributed by atoms with Gasteiger partial charge in [0.2, 0.25) is 5.95 Å². The normalized spacial score (nSPS) is 15.4. The number of hydrogen-bond donors (Lipinski definition) is 1. The van der Waals surface area contributed by atoms with Gasteiger partial charge in [-0.05, 0) is 37.1 Å². The predicted molar refractivity (Wildman–Crippen MR) is 124 cm³/mol. The molecule has 0 spiro atoms. The molecule has 3 heterocycles. The summed E-state index contributed by atoms with van der Waals surface area (Å²) < 4.78 is 12.3. The highest BCUT2D eigenvalue weighted by Gasteiger charge is 2.27. The van der Waals surface area contributed by atoms with E-state index in [2.05, 4.69) is 15.3 Å². The Morgan fingerprint density at radius 1 is 1.26 bits per heavy atom. The van der Waals surface area contributed by atoms with Gasteiger partial charge in [-0.1, -0.05) is 6.07 Å². The van der Waals surface area contributed by atoms with Gasteiger partial charge in [-0.15, -0.1) is 0 Å². The third kappa shape index (κ3) is 4.90. The van der Waals surface area contributed by atoms with Crippen molar-refractivity contribution in [2.45, 2.75) is 25.5 Å². The summed E-state index contributed by atoms with van der Waals surface area (Å²) >= 11 is 0. The zero-order chi connectivity index (χ0) is 24.1. The maximum Gasteiger partial charge on any atom is 0.258 e. The van der Waals surface area contributed by atoms with Gasteiger partial charge < -0.3 is 14.4 Å². The molecule has 3 aromatic rings. The number of aryl methyl sites for hydroxylation is 1. The molecule has 1 fully saturated rings. The largest absolute Gasteiger partial charge is 0.385 e. The molecule has 0 aliphatic carbocycles. The van der Waals surface area contributed by atoms with Crippen molar-refractivity contribution in [3.63, 3.8) is 0 Å². The van der Waals surface area contributed by atoms with E-state index < -0.39 is 0 Å². The molecular weight excluding hydrogens is 436 g/mol. The number of nitriles is 1. The number of carbonyl (C=O) groups is 2. The smallest absolute Gasteiger partial charge is 0.258 e. The lowest BCUT2D eigenvalue weighted by Gasteiger charge is -2.16. The van der Waals surface area contributed by atoms with Crippen LogP contribution in [0.2, 0.25) is 0 Å². The Morgan fingerprint density at radius 2 is 2.12 bits per heavy atom. The summed E-state index contributed by atoms with van der Waals surface area (Å²) in [5.41, 5.74) is 2.24. The fourth-order valence-corrected chi connectivity index (χ4v) is 3.99. The Balaban J connectivity index is 1.63. The topological polar surface area (TPSA) is 122 Å². The summed E-state index contributed by atoms with van der Waals surface area (Å²) in [5.74, 6) is -0.197. The number of hydrogen-bond acceptors (Lipinski definition) is 7. The van der Waals surface area contributed by atoms with Crippen molar-refractivity contribution in [3.8, 4) is 6.07 Å². The van der Waals surface area contributed by atoms with Crippen molar-refractivity contribution < 1.29 is 19.1 Å². The van der Waals surface area contributed by atoms with E-state index in [1.807, 2.05) is 6.07 Å². The highest BCUT2D eigenvalue weighted by molar-refractivity contribution is 6.04. The van der Waals surface area contributed by atoms with Crippen molar-refractivity contribution in [3.05, 3.63) is 53.2 Å². The van der Waals surface area contributed by atoms with Gasteiger partial charge in [0, 0.05) is 52.2 Å². The average Bonchev–Trinajstić information content (AvgIpc) is 3.48. The van der Waals surface area contributed by atoms with E-state index in [4.69, 9.17) is 14.7 Å². The van der Waals surface area contributed by atoms with Crippen molar-refractivity contribution >= 4 is 28.9 Å². The molecule has 0 radical (unpaired) electrons. The molecule has 1 aliphatic heterocycles. The van der Waals surface area contributed by atoms with Crippen molar-refractivity contribution in [2.75, 3.05) is 39.2 Å². The monoisotopic (exact) mass is 462 g/mol. The number of imidazole rings is 1. The number of benzene rings is 1. The molecule has 10 nitrogen and oxygen atoms in total. The highest BCUT2D eigenvalue weighted by atomic mass is 16.5. The number of ether oxygens (including phenoxy) is 2. The summed E-state index contributed by atoms with van der Waals surface area (Å²) in [5, 5.41) is 11.9. The van der Waals surface area contributed by atoms with Gasteiger partial charge in [-0.3, -0.25) is 19.5 Å². The molecule has 0 bridgehead atoms. The summed E-state index contributed by atoms with van der Waals surface area (Å²) in [7, 11) is 3.27. The van der Waals surface area contributed by atoms with Gasteiger partial charge in [0.1, 0.15) is 5.52 Å². The van der Waals surface area contributed by atoms with Crippen LogP contribution in [-0.2, 0) is 16.0 Å². The van der Waals surface area contributed by atoms with Crippen molar-refractivity contribution in [1.82, 2.24) is 19.4 Å². The first kappa shape index (κ1) is 23.4. The maximum absolute atomic E-state index is 13.0. The van der Waals surface area contributed by atoms with Crippen LogP contribution in [0.4, 0.5) is 5.95 Å². The molecule has 0 unspecified atom stereocenters. The highest BCUT2D eigenvalue weighted by Crippen LogP contribution is 2.22. The van der Waals surface area contributed by atoms with Crippen molar-refractivity contribution in [1.29, 1.82) is 5.26 Å². The van der Waals surface area contributed by atoms with Crippen LogP contribution < -0.4 is 5.32 Å². The number of carbonyl (C=O) groups excluding carboxylic acids is 2. The predicted octanol–water partition coefficient (Wildman–Crippen LogP) is 2.45. The number of fused-ring (bicyclic) bond motifs is 1. The Kier molecular flexibility index (Phi) is 7.15. The molecule has 1 aliphatic rings. The second kappa shape index (κ2) is 10.4. The van der Waals surface area contributed by atoms with E-state index in [0.717, 1.165) is 6.42 Å². The van der Waals surface area contributed by atoms with E-state index in [0.29, 0.717) is 66.5 Å². The molecule has 10 heteroatoms. The number of pyridine rings is 1. The average molecular weight is 463 g/mol. The van der Waals surface area contributed by atoms with Crippen molar-refractivity contribution in [2.24, 2.45) is 0 Å². The summed E-state index contributed by atoms with van der Waals surface area (Å²) in [6, 6.07) is 10.2. The molecule has 1 aromatic carbocycles. The maximum atomic E-state index is 13.0.